The molecule has 3 N–H and O–H groups in total. The van der Waals surface area contributed by atoms with Crippen LogP contribution in [0.2, 0.25) is 5.02 Å². The van der Waals surface area contributed by atoms with E-state index in [0.29, 0.717) is 23.2 Å². The van der Waals surface area contributed by atoms with E-state index in [4.69, 9.17) is 11.6 Å². The lowest BCUT2D eigenvalue weighted by Crippen LogP contribution is -2.22. The van der Waals surface area contributed by atoms with Crippen LogP contribution in [0.3, 0.4) is 0 Å². The Bertz CT molecular complexity index is 936. The molecule has 1 aromatic heterocycles. The fourth-order valence-corrected chi connectivity index (χ4v) is 2.80. The monoisotopic (exact) mass is 372 g/mol. The van der Waals surface area contributed by atoms with Crippen LogP contribution in [-0.2, 0) is 11.3 Å². The number of nitrogens with zero attached hydrogens (tertiary/aromatic N) is 2. The molecule has 0 fully saturated rings. The number of anilines is 2. The van der Waals surface area contributed by atoms with Gasteiger partial charge in [0.2, 0.25) is 11.9 Å². The maximum Gasteiger partial charge on any atom is 0.244 e. The number of nitrogens with one attached hydrogen (secondary N) is 2. The number of imidazole rings is 1. The average molecular weight is 373 g/mol. The molecule has 0 aliphatic carbocycles. The minimum Gasteiger partial charge on any atom is -0.392 e. The summed E-state index contributed by atoms with van der Waals surface area (Å²) in [5, 5.41) is 16.1. The van der Waals surface area contributed by atoms with Gasteiger partial charge in [-0.1, -0.05) is 29.8 Å². The molecule has 1 atom stereocenters. The topological polar surface area (TPSA) is 79.2 Å². The Kier molecular flexibility index (Phi) is 5.44. The molecule has 0 saturated carbocycles. The number of amides is 1. The number of fused-ring (bicyclic) bond motifs is 1. The number of halogens is 1. The van der Waals surface area contributed by atoms with Crippen LogP contribution in [-0.4, -0.2) is 33.2 Å². The lowest BCUT2D eigenvalue weighted by atomic mass is 10.2. The van der Waals surface area contributed by atoms with Gasteiger partial charge in [-0.3, -0.25) is 4.79 Å². The number of rotatable bonds is 6. The summed E-state index contributed by atoms with van der Waals surface area (Å²) in [6, 6.07) is 13.0. The zero-order valence-electron chi connectivity index (χ0n) is 14.7. The summed E-state index contributed by atoms with van der Waals surface area (Å²) in [5.74, 6) is 0.359. The molecule has 0 aliphatic rings. The largest absolute Gasteiger partial charge is 0.392 e. The van der Waals surface area contributed by atoms with Gasteiger partial charge in [0.25, 0.3) is 0 Å². The normalized spacial score (nSPS) is 12.2. The average Bonchev–Trinajstić information content (AvgIpc) is 2.94. The number of hydrogen-bond donors (Lipinski definition) is 3. The van der Waals surface area contributed by atoms with Gasteiger partial charge in [-0.2, -0.15) is 0 Å². The molecule has 136 valence electrons. The molecule has 1 amide bonds. The van der Waals surface area contributed by atoms with E-state index < -0.39 is 6.10 Å². The van der Waals surface area contributed by atoms with Crippen molar-refractivity contribution in [3.05, 3.63) is 53.1 Å². The van der Waals surface area contributed by atoms with Gasteiger partial charge in [-0.25, -0.2) is 4.98 Å². The highest BCUT2D eigenvalue weighted by atomic mass is 35.5. The zero-order valence-corrected chi connectivity index (χ0v) is 15.4. The molecular weight excluding hydrogens is 352 g/mol. The highest BCUT2D eigenvalue weighted by Crippen LogP contribution is 2.22. The van der Waals surface area contributed by atoms with Gasteiger partial charge in [-0.15, -0.1) is 0 Å². The van der Waals surface area contributed by atoms with Gasteiger partial charge in [-0.05, 0) is 43.7 Å². The summed E-state index contributed by atoms with van der Waals surface area (Å²) in [5.41, 5.74) is 3.23. The molecule has 3 aromatic rings. The van der Waals surface area contributed by atoms with Gasteiger partial charge >= 0.3 is 0 Å². The Morgan fingerprint density at radius 2 is 2.08 bits per heavy atom. The number of benzene rings is 2. The molecule has 1 heterocycles. The first-order valence-corrected chi connectivity index (χ1v) is 8.75. The third kappa shape index (κ3) is 4.15. The van der Waals surface area contributed by atoms with Gasteiger partial charge in [0.15, 0.2) is 0 Å². The zero-order chi connectivity index (χ0) is 18.7. The summed E-state index contributed by atoms with van der Waals surface area (Å²) >= 11 is 6.11. The fourth-order valence-electron chi connectivity index (χ4n) is 2.62. The molecular formula is C19H21ClN4O2. The molecule has 0 radical (unpaired) electrons. The highest BCUT2D eigenvalue weighted by molar-refractivity contribution is 6.31. The Balaban J connectivity index is 1.82. The minimum absolute atomic E-state index is 0.0914. The van der Waals surface area contributed by atoms with Crippen LogP contribution in [0.1, 0.15) is 12.5 Å². The Morgan fingerprint density at radius 3 is 2.81 bits per heavy atom. The molecule has 0 spiro atoms. The van der Waals surface area contributed by atoms with Crippen LogP contribution in [0.25, 0.3) is 11.0 Å². The SMILES string of the molecule is Cc1ccc(NC(=O)Cn2c(NC[C@H](C)O)nc3ccccc32)cc1Cl. The number of carbonyl (C=O) groups is 1. The number of aliphatic hydroxyl groups is 1. The van der Waals surface area contributed by atoms with E-state index in [1.807, 2.05) is 43.3 Å². The number of para-hydroxylation sites is 2. The molecule has 6 nitrogen and oxygen atoms in total. The van der Waals surface area contributed by atoms with Crippen molar-refractivity contribution in [2.75, 3.05) is 17.2 Å². The van der Waals surface area contributed by atoms with Gasteiger partial charge in [0, 0.05) is 17.3 Å². The Hall–Kier alpha value is -2.57. The fraction of sp³-hybridized carbons (Fsp3) is 0.263. The predicted octanol–water partition coefficient (Wildman–Crippen LogP) is 3.43. The predicted molar refractivity (Wildman–Crippen MR) is 105 cm³/mol. The highest BCUT2D eigenvalue weighted by Gasteiger charge is 2.14. The van der Waals surface area contributed by atoms with Crippen LogP contribution in [0, 0.1) is 6.92 Å². The standard InChI is InChI=1S/C19H21ClN4O2/c1-12-7-8-14(9-15(12)20)22-18(26)11-24-17-6-4-3-5-16(17)23-19(24)21-10-13(2)25/h3-9,13,25H,10-11H2,1-2H3,(H,21,23)(H,22,26)/t13-/m0/s1. The number of carbonyl (C=O) groups excluding carboxylic acids is 1. The third-order valence-corrected chi connectivity index (χ3v) is 4.37. The molecule has 0 unspecified atom stereocenters. The van der Waals surface area contributed by atoms with E-state index in [0.717, 1.165) is 16.6 Å². The van der Waals surface area contributed by atoms with Crippen LogP contribution in [0.15, 0.2) is 42.5 Å². The van der Waals surface area contributed by atoms with E-state index in [9.17, 15) is 9.90 Å². The first-order valence-electron chi connectivity index (χ1n) is 8.37. The molecule has 7 heteroatoms. The quantitative estimate of drug-likeness (QED) is 0.619. The van der Waals surface area contributed by atoms with Crippen LogP contribution < -0.4 is 10.6 Å². The lowest BCUT2D eigenvalue weighted by molar-refractivity contribution is -0.116. The second-order valence-corrected chi connectivity index (χ2v) is 6.66. The van der Waals surface area contributed by atoms with Crippen molar-refractivity contribution in [2.45, 2.75) is 26.5 Å². The van der Waals surface area contributed by atoms with Crippen molar-refractivity contribution >= 4 is 40.2 Å². The van der Waals surface area contributed by atoms with Crippen molar-refractivity contribution in [3.8, 4) is 0 Å². The molecule has 0 aliphatic heterocycles. The Labute approximate surface area is 156 Å². The molecule has 26 heavy (non-hydrogen) atoms. The van der Waals surface area contributed by atoms with E-state index in [2.05, 4.69) is 15.6 Å². The summed E-state index contributed by atoms with van der Waals surface area (Å²) in [6.45, 7) is 4.03. The number of aliphatic hydroxyl groups excluding tert-OH is 1. The van der Waals surface area contributed by atoms with Gasteiger partial charge in [0.05, 0.1) is 17.1 Å². The summed E-state index contributed by atoms with van der Waals surface area (Å²) in [4.78, 5) is 17.0. The molecule has 2 aromatic carbocycles. The van der Waals surface area contributed by atoms with Crippen molar-refractivity contribution in [1.82, 2.24) is 9.55 Å². The molecule has 0 saturated heterocycles. The first kappa shape index (κ1) is 18.2. The minimum atomic E-state index is -0.521. The van der Waals surface area contributed by atoms with E-state index in [-0.39, 0.29) is 12.5 Å². The number of aryl methyl sites for hydroxylation is 1. The second kappa shape index (κ2) is 7.76. The summed E-state index contributed by atoms with van der Waals surface area (Å²) in [6.07, 6.45) is -0.521. The first-order chi connectivity index (χ1) is 12.4. The molecule has 3 rings (SSSR count). The van der Waals surface area contributed by atoms with Crippen LogP contribution in [0.4, 0.5) is 11.6 Å². The Morgan fingerprint density at radius 1 is 1.31 bits per heavy atom. The second-order valence-electron chi connectivity index (χ2n) is 6.25. The smallest absolute Gasteiger partial charge is 0.244 e. The van der Waals surface area contributed by atoms with E-state index in [1.165, 1.54) is 0 Å². The number of hydrogen-bond acceptors (Lipinski definition) is 4. The van der Waals surface area contributed by atoms with Crippen molar-refractivity contribution in [1.29, 1.82) is 0 Å². The van der Waals surface area contributed by atoms with Gasteiger partial charge in [0.1, 0.15) is 6.54 Å². The van der Waals surface area contributed by atoms with Crippen molar-refractivity contribution < 1.29 is 9.90 Å². The number of aromatic nitrogens is 2. The van der Waals surface area contributed by atoms with E-state index >= 15 is 0 Å². The van der Waals surface area contributed by atoms with Crippen molar-refractivity contribution in [2.24, 2.45) is 0 Å². The van der Waals surface area contributed by atoms with Crippen LogP contribution in [0.5, 0.6) is 0 Å². The van der Waals surface area contributed by atoms with Crippen molar-refractivity contribution in [3.63, 3.8) is 0 Å². The maximum atomic E-state index is 12.5. The van der Waals surface area contributed by atoms with Gasteiger partial charge < -0.3 is 20.3 Å². The summed E-state index contributed by atoms with van der Waals surface area (Å²) < 4.78 is 1.79. The third-order valence-electron chi connectivity index (χ3n) is 3.97. The lowest BCUT2D eigenvalue weighted by Gasteiger charge is -2.12. The maximum absolute atomic E-state index is 12.5. The van der Waals surface area contributed by atoms with Crippen LogP contribution >= 0.6 is 11.6 Å². The summed E-state index contributed by atoms with van der Waals surface area (Å²) in [7, 11) is 0. The van der Waals surface area contributed by atoms with E-state index in [1.54, 1.807) is 17.6 Å². The molecule has 0 bridgehead atoms.